The van der Waals surface area contributed by atoms with Gasteiger partial charge in [-0.2, -0.15) is 0 Å². The van der Waals surface area contributed by atoms with Crippen molar-refractivity contribution in [2.24, 2.45) is 0 Å². The van der Waals surface area contributed by atoms with Crippen LogP contribution < -0.4 is 5.73 Å². The fraction of sp³-hybridized carbons (Fsp3) is 0. The minimum absolute atomic E-state index is 0.0759. The maximum absolute atomic E-state index is 13.0. The lowest BCUT2D eigenvalue weighted by Crippen LogP contribution is -1.97. The Morgan fingerprint density at radius 2 is 1.62 bits per heavy atom. The molecule has 0 spiro atoms. The van der Waals surface area contributed by atoms with Gasteiger partial charge in [-0.1, -0.05) is 0 Å². The van der Waals surface area contributed by atoms with Crippen molar-refractivity contribution < 1.29 is 13.2 Å². The van der Waals surface area contributed by atoms with Crippen LogP contribution in [-0.4, -0.2) is 9.97 Å². The Hall–Kier alpha value is -2.11. The predicted molar refractivity (Wildman–Crippen MR) is 51.8 cm³/mol. The molecule has 0 saturated carbocycles. The third kappa shape index (κ3) is 1.81. The first kappa shape index (κ1) is 10.4. The summed E-state index contributed by atoms with van der Waals surface area (Å²) < 4.78 is 38.5. The molecule has 2 aromatic rings. The molecule has 82 valence electrons. The Labute approximate surface area is 88.8 Å². The average Bonchev–Trinajstić information content (AvgIpc) is 2.26. The quantitative estimate of drug-likeness (QED) is 0.756. The van der Waals surface area contributed by atoms with Gasteiger partial charge in [-0.3, -0.25) is 0 Å². The molecule has 0 fully saturated rings. The zero-order chi connectivity index (χ0) is 11.7. The molecule has 1 aromatic carbocycles. The molecular weight excluding hydrogens is 219 g/mol. The van der Waals surface area contributed by atoms with Crippen LogP contribution in [0.4, 0.5) is 18.9 Å². The molecule has 0 amide bonds. The van der Waals surface area contributed by atoms with Crippen LogP contribution in [0.3, 0.4) is 0 Å². The van der Waals surface area contributed by atoms with Crippen molar-refractivity contribution >= 4 is 5.69 Å². The van der Waals surface area contributed by atoms with Gasteiger partial charge in [0.25, 0.3) is 0 Å². The highest BCUT2D eigenvalue weighted by Gasteiger charge is 2.10. The average molecular weight is 225 g/mol. The van der Waals surface area contributed by atoms with Gasteiger partial charge < -0.3 is 5.73 Å². The van der Waals surface area contributed by atoms with Gasteiger partial charge in [0.15, 0.2) is 23.3 Å². The monoisotopic (exact) mass is 225 g/mol. The van der Waals surface area contributed by atoms with Crippen molar-refractivity contribution in [1.82, 2.24) is 9.97 Å². The van der Waals surface area contributed by atoms with Crippen LogP contribution in [0.1, 0.15) is 0 Å². The predicted octanol–water partition coefficient (Wildman–Crippen LogP) is 2.14. The molecule has 16 heavy (non-hydrogen) atoms. The lowest BCUT2D eigenvalue weighted by molar-refractivity contribution is 0.512. The summed E-state index contributed by atoms with van der Waals surface area (Å²) in [6, 6.07) is 2.09. The summed E-state index contributed by atoms with van der Waals surface area (Å²) in [5, 5.41) is 0. The number of anilines is 1. The number of halogens is 3. The smallest absolute Gasteiger partial charge is 0.181 e. The Morgan fingerprint density at radius 3 is 2.19 bits per heavy atom. The van der Waals surface area contributed by atoms with E-state index in [1.165, 1.54) is 6.07 Å². The summed E-state index contributed by atoms with van der Waals surface area (Å²) in [7, 11) is 0. The number of benzene rings is 1. The minimum atomic E-state index is -1.12. The first-order chi connectivity index (χ1) is 7.58. The van der Waals surface area contributed by atoms with Crippen molar-refractivity contribution in [1.29, 1.82) is 0 Å². The topological polar surface area (TPSA) is 51.8 Å². The highest BCUT2D eigenvalue weighted by Crippen LogP contribution is 2.22. The molecule has 0 aliphatic heterocycles. The summed E-state index contributed by atoms with van der Waals surface area (Å²) in [5.41, 5.74) is 5.09. The van der Waals surface area contributed by atoms with Crippen molar-refractivity contribution in [2.75, 3.05) is 5.73 Å². The number of rotatable bonds is 1. The van der Waals surface area contributed by atoms with Crippen LogP contribution in [0.15, 0.2) is 24.5 Å². The van der Waals surface area contributed by atoms with Crippen LogP contribution >= 0.6 is 0 Å². The number of hydrogen-bond acceptors (Lipinski definition) is 3. The van der Waals surface area contributed by atoms with E-state index in [0.29, 0.717) is 0 Å². The van der Waals surface area contributed by atoms with Crippen molar-refractivity contribution in [3.05, 3.63) is 42.0 Å². The summed E-state index contributed by atoms with van der Waals surface area (Å²) in [6.07, 6.45) is 1.86. The fourth-order valence-electron chi connectivity index (χ4n) is 1.20. The molecule has 0 aliphatic carbocycles. The van der Waals surface area contributed by atoms with Crippen LogP contribution in [0.25, 0.3) is 11.4 Å². The molecule has 0 radical (unpaired) electrons. The molecule has 0 unspecified atom stereocenters. The van der Waals surface area contributed by atoms with Crippen molar-refractivity contribution in [3.8, 4) is 11.4 Å². The second-order valence-electron chi connectivity index (χ2n) is 3.09. The molecule has 3 nitrogen and oxygen atoms in total. The van der Waals surface area contributed by atoms with Gasteiger partial charge in [0, 0.05) is 5.56 Å². The zero-order valence-corrected chi connectivity index (χ0v) is 7.92. The highest BCUT2D eigenvalue weighted by atomic mass is 19.2. The Morgan fingerprint density at radius 1 is 1.00 bits per heavy atom. The van der Waals surface area contributed by atoms with Crippen LogP contribution in [0.2, 0.25) is 0 Å². The van der Waals surface area contributed by atoms with E-state index in [2.05, 4.69) is 9.97 Å². The van der Waals surface area contributed by atoms with E-state index in [1.54, 1.807) is 0 Å². The molecule has 1 heterocycles. The third-order valence-corrected chi connectivity index (χ3v) is 1.93. The molecule has 2 rings (SSSR count). The summed E-state index contributed by atoms with van der Waals surface area (Å²) in [5.74, 6) is -2.75. The first-order valence-electron chi connectivity index (χ1n) is 4.30. The molecule has 0 bridgehead atoms. The van der Waals surface area contributed by atoms with Gasteiger partial charge in [0.05, 0.1) is 18.1 Å². The summed E-state index contributed by atoms with van der Waals surface area (Å²) >= 11 is 0. The summed E-state index contributed by atoms with van der Waals surface area (Å²) in [4.78, 5) is 7.26. The van der Waals surface area contributed by atoms with Crippen LogP contribution in [-0.2, 0) is 0 Å². The van der Waals surface area contributed by atoms with Crippen molar-refractivity contribution in [3.63, 3.8) is 0 Å². The van der Waals surface area contributed by atoms with Gasteiger partial charge in [-0.25, -0.2) is 23.1 Å². The molecule has 0 atom stereocenters. The van der Waals surface area contributed by atoms with E-state index in [0.717, 1.165) is 18.5 Å². The van der Waals surface area contributed by atoms with Gasteiger partial charge in [-0.15, -0.1) is 0 Å². The Kier molecular flexibility index (Phi) is 2.47. The molecule has 2 N–H and O–H groups in total. The number of aromatic nitrogens is 2. The maximum Gasteiger partial charge on any atom is 0.181 e. The van der Waals surface area contributed by atoms with Gasteiger partial charge in [0.2, 0.25) is 0 Å². The second kappa shape index (κ2) is 3.80. The summed E-state index contributed by atoms with van der Waals surface area (Å²) in [6.45, 7) is 0. The second-order valence-corrected chi connectivity index (χ2v) is 3.09. The van der Waals surface area contributed by atoms with E-state index >= 15 is 0 Å². The van der Waals surface area contributed by atoms with E-state index < -0.39 is 17.5 Å². The standard InChI is InChI=1S/C10H6F3N3/c11-6-3-15-10(16-4-6)5-1-7(12)9(13)8(14)2-5/h1-4H,14H2. The van der Waals surface area contributed by atoms with Crippen LogP contribution in [0.5, 0.6) is 0 Å². The lowest BCUT2D eigenvalue weighted by atomic mass is 10.1. The number of hydrogen-bond donors (Lipinski definition) is 1. The van der Waals surface area contributed by atoms with Gasteiger partial charge in [0.1, 0.15) is 0 Å². The van der Waals surface area contributed by atoms with Crippen LogP contribution in [0, 0.1) is 17.5 Å². The maximum atomic E-state index is 13.0. The minimum Gasteiger partial charge on any atom is -0.396 e. The Bertz CT molecular complexity index is 502. The normalized spacial score (nSPS) is 10.4. The fourth-order valence-corrected chi connectivity index (χ4v) is 1.20. The van der Waals surface area contributed by atoms with E-state index in [9.17, 15) is 13.2 Å². The number of nitrogens with two attached hydrogens (primary N) is 1. The van der Waals surface area contributed by atoms with E-state index in [4.69, 9.17) is 5.73 Å². The van der Waals surface area contributed by atoms with E-state index in [1.807, 2.05) is 0 Å². The highest BCUT2D eigenvalue weighted by molar-refractivity contribution is 5.61. The number of nitrogens with zero attached hydrogens (tertiary/aromatic N) is 2. The SMILES string of the molecule is Nc1cc(-c2ncc(F)cn2)cc(F)c1F. The van der Waals surface area contributed by atoms with E-state index in [-0.39, 0.29) is 17.1 Å². The van der Waals surface area contributed by atoms with Gasteiger partial charge >= 0.3 is 0 Å². The van der Waals surface area contributed by atoms with Gasteiger partial charge in [-0.05, 0) is 12.1 Å². The zero-order valence-electron chi connectivity index (χ0n) is 7.92. The first-order valence-corrected chi connectivity index (χ1v) is 4.30. The third-order valence-electron chi connectivity index (χ3n) is 1.93. The lowest BCUT2D eigenvalue weighted by Gasteiger charge is -2.03. The Balaban J connectivity index is 2.52. The molecular formula is C10H6F3N3. The number of nitrogen functional groups attached to an aromatic ring is 1. The molecule has 0 aliphatic rings. The molecule has 0 saturated heterocycles. The molecule has 1 aromatic heterocycles. The van der Waals surface area contributed by atoms with Crippen molar-refractivity contribution in [2.45, 2.75) is 0 Å². The largest absolute Gasteiger partial charge is 0.396 e. The molecule has 6 heteroatoms.